The van der Waals surface area contributed by atoms with Crippen molar-refractivity contribution in [2.24, 2.45) is 5.92 Å². The molecule has 0 aromatic heterocycles. The average molecular weight is 273 g/mol. The maximum absolute atomic E-state index is 4.94. The number of hydroxylamine groups is 1. The Morgan fingerprint density at radius 3 is 2.55 bits per heavy atom. The lowest BCUT2D eigenvalue weighted by atomic mass is 9.97. The highest BCUT2D eigenvalue weighted by molar-refractivity contribution is 5.30. The predicted octanol–water partition coefficient (Wildman–Crippen LogP) is 4.65. The highest BCUT2D eigenvalue weighted by Gasteiger charge is 2.03. The Labute approximate surface area is 123 Å². The molecule has 0 aliphatic carbocycles. The van der Waals surface area contributed by atoms with Crippen LogP contribution in [0, 0.1) is 5.92 Å². The Bertz CT molecular complexity index is 432. The molecule has 1 N–H and O–H groups in total. The van der Waals surface area contributed by atoms with E-state index in [0.717, 1.165) is 12.8 Å². The summed E-state index contributed by atoms with van der Waals surface area (Å²) < 4.78 is 0. The SMILES string of the molecule is CON/C=C(CCC(C)C)\C(C)=C/Cc1ccccc1. The highest BCUT2D eigenvalue weighted by Crippen LogP contribution is 2.19. The largest absolute Gasteiger partial charge is 0.280 e. The molecule has 0 atom stereocenters. The fourth-order valence-electron chi connectivity index (χ4n) is 1.97. The molecule has 2 heteroatoms. The van der Waals surface area contributed by atoms with Crippen LogP contribution in [0.1, 0.15) is 39.2 Å². The van der Waals surface area contributed by atoms with Crippen LogP contribution >= 0.6 is 0 Å². The third-order valence-corrected chi connectivity index (χ3v) is 3.34. The van der Waals surface area contributed by atoms with Gasteiger partial charge in [-0.3, -0.25) is 10.3 Å². The minimum Gasteiger partial charge on any atom is -0.280 e. The highest BCUT2D eigenvalue weighted by atomic mass is 16.6. The first-order valence-corrected chi connectivity index (χ1v) is 7.32. The van der Waals surface area contributed by atoms with E-state index in [9.17, 15) is 0 Å². The van der Waals surface area contributed by atoms with Gasteiger partial charge >= 0.3 is 0 Å². The van der Waals surface area contributed by atoms with Crippen LogP contribution in [0.15, 0.2) is 53.8 Å². The van der Waals surface area contributed by atoms with Gasteiger partial charge in [0.1, 0.15) is 0 Å². The van der Waals surface area contributed by atoms with Crippen LogP contribution in [-0.2, 0) is 11.3 Å². The Morgan fingerprint density at radius 2 is 1.95 bits per heavy atom. The van der Waals surface area contributed by atoms with Crippen molar-refractivity contribution in [3.8, 4) is 0 Å². The van der Waals surface area contributed by atoms with Crippen LogP contribution in [0.25, 0.3) is 0 Å². The number of nitrogens with one attached hydrogen (secondary N) is 1. The predicted molar refractivity (Wildman–Crippen MR) is 86.2 cm³/mol. The molecule has 0 aliphatic heterocycles. The number of hydrogen-bond donors (Lipinski definition) is 1. The number of allylic oxidation sites excluding steroid dienone is 3. The summed E-state index contributed by atoms with van der Waals surface area (Å²) in [5, 5.41) is 0. The second-order valence-corrected chi connectivity index (χ2v) is 5.50. The maximum atomic E-state index is 4.94. The quantitative estimate of drug-likeness (QED) is 0.550. The Hall–Kier alpha value is -1.54. The molecule has 1 aromatic carbocycles. The summed E-state index contributed by atoms with van der Waals surface area (Å²) in [6.45, 7) is 6.68. The van der Waals surface area contributed by atoms with E-state index in [2.05, 4.69) is 62.7 Å². The van der Waals surface area contributed by atoms with E-state index in [1.54, 1.807) is 7.11 Å². The van der Waals surface area contributed by atoms with E-state index >= 15 is 0 Å². The second-order valence-electron chi connectivity index (χ2n) is 5.50. The standard InChI is InChI=1S/C18H27NO/c1-15(2)10-13-18(14-19-20-4)16(3)11-12-17-8-6-5-7-9-17/h5-9,11,14-15,19H,10,12-13H2,1-4H3/b16-11-,18-14-. The molecule has 0 saturated heterocycles. The van der Waals surface area contributed by atoms with Gasteiger partial charge in [-0.05, 0) is 43.2 Å². The summed E-state index contributed by atoms with van der Waals surface area (Å²) in [4.78, 5) is 4.94. The van der Waals surface area contributed by atoms with Crippen LogP contribution in [0.2, 0.25) is 0 Å². The molecule has 0 unspecified atom stereocenters. The molecule has 0 fully saturated rings. The van der Waals surface area contributed by atoms with Crippen LogP contribution in [0.4, 0.5) is 0 Å². The third kappa shape index (κ3) is 6.58. The van der Waals surface area contributed by atoms with Crippen molar-refractivity contribution in [2.45, 2.75) is 40.0 Å². The zero-order valence-electron chi connectivity index (χ0n) is 13.1. The maximum Gasteiger partial charge on any atom is 0.0636 e. The molecule has 0 amide bonds. The molecule has 0 heterocycles. The zero-order chi connectivity index (χ0) is 14.8. The Morgan fingerprint density at radius 1 is 1.25 bits per heavy atom. The molecule has 0 radical (unpaired) electrons. The van der Waals surface area contributed by atoms with E-state index in [1.807, 2.05) is 6.20 Å². The van der Waals surface area contributed by atoms with Crippen molar-refractivity contribution in [1.82, 2.24) is 5.48 Å². The smallest absolute Gasteiger partial charge is 0.0636 e. The van der Waals surface area contributed by atoms with Gasteiger partial charge < -0.3 is 0 Å². The van der Waals surface area contributed by atoms with Gasteiger partial charge in [0.25, 0.3) is 0 Å². The van der Waals surface area contributed by atoms with Gasteiger partial charge in [-0.25, -0.2) is 0 Å². The normalized spacial score (nSPS) is 12.8. The van der Waals surface area contributed by atoms with Crippen LogP contribution < -0.4 is 5.48 Å². The van der Waals surface area contributed by atoms with Gasteiger partial charge in [-0.15, -0.1) is 0 Å². The summed E-state index contributed by atoms with van der Waals surface area (Å²) in [6.07, 6.45) is 7.50. The van der Waals surface area contributed by atoms with Crippen LogP contribution in [-0.4, -0.2) is 7.11 Å². The van der Waals surface area contributed by atoms with Crippen molar-refractivity contribution in [2.75, 3.05) is 7.11 Å². The first kappa shape index (κ1) is 16.5. The van der Waals surface area contributed by atoms with Gasteiger partial charge in [0, 0.05) is 6.20 Å². The second kappa shape index (κ2) is 9.38. The monoisotopic (exact) mass is 273 g/mol. The molecule has 1 aromatic rings. The molecule has 0 aliphatic rings. The van der Waals surface area contributed by atoms with Crippen LogP contribution in [0.3, 0.4) is 0 Å². The van der Waals surface area contributed by atoms with Gasteiger partial charge in [-0.2, -0.15) is 0 Å². The first-order valence-electron chi connectivity index (χ1n) is 7.32. The molecule has 0 spiro atoms. The molecule has 0 saturated carbocycles. The average Bonchev–Trinajstić information content (AvgIpc) is 2.45. The van der Waals surface area contributed by atoms with Crippen molar-refractivity contribution >= 4 is 0 Å². The fraction of sp³-hybridized carbons (Fsp3) is 0.444. The fourth-order valence-corrected chi connectivity index (χ4v) is 1.97. The molecule has 1 rings (SSSR count). The molecule has 0 bridgehead atoms. The number of hydrogen-bond acceptors (Lipinski definition) is 2. The van der Waals surface area contributed by atoms with E-state index in [1.165, 1.54) is 23.1 Å². The number of rotatable bonds is 8. The molecular weight excluding hydrogens is 246 g/mol. The summed E-state index contributed by atoms with van der Waals surface area (Å²) in [5.41, 5.74) is 6.83. The first-order chi connectivity index (χ1) is 9.63. The summed E-state index contributed by atoms with van der Waals surface area (Å²) in [5.74, 6) is 0.711. The van der Waals surface area contributed by atoms with Crippen molar-refractivity contribution in [1.29, 1.82) is 0 Å². The number of benzene rings is 1. The van der Waals surface area contributed by atoms with E-state index < -0.39 is 0 Å². The molecule has 20 heavy (non-hydrogen) atoms. The Kier molecular flexibility index (Phi) is 7.74. The van der Waals surface area contributed by atoms with Gasteiger partial charge in [0.2, 0.25) is 0 Å². The third-order valence-electron chi connectivity index (χ3n) is 3.34. The summed E-state index contributed by atoms with van der Waals surface area (Å²) >= 11 is 0. The minimum absolute atomic E-state index is 0.711. The van der Waals surface area contributed by atoms with E-state index in [-0.39, 0.29) is 0 Å². The van der Waals surface area contributed by atoms with Gasteiger partial charge in [0.05, 0.1) is 7.11 Å². The van der Waals surface area contributed by atoms with Crippen molar-refractivity contribution in [3.05, 3.63) is 59.3 Å². The van der Waals surface area contributed by atoms with Crippen LogP contribution in [0.5, 0.6) is 0 Å². The molecule has 110 valence electrons. The lowest BCUT2D eigenvalue weighted by Gasteiger charge is -2.11. The van der Waals surface area contributed by atoms with Crippen molar-refractivity contribution < 1.29 is 4.84 Å². The van der Waals surface area contributed by atoms with E-state index in [4.69, 9.17) is 4.84 Å². The zero-order valence-corrected chi connectivity index (χ0v) is 13.1. The van der Waals surface area contributed by atoms with Gasteiger partial charge in [-0.1, -0.05) is 55.8 Å². The Balaban J connectivity index is 2.68. The summed E-state index contributed by atoms with van der Waals surface area (Å²) in [7, 11) is 1.64. The molecule has 2 nitrogen and oxygen atoms in total. The van der Waals surface area contributed by atoms with Gasteiger partial charge in [0.15, 0.2) is 0 Å². The minimum atomic E-state index is 0.711. The lowest BCUT2D eigenvalue weighted by molar-refractivity contribution is 0.127. The van der Waals surface area contributed by atoms with E-state index in [0.29, 0.717) is 5.92 Å². The topological polar surface area (TPSA) is 21.3 Å². The molecular formula is C18H27NO. The summed E-state index contributed by atoms with van der Waals surface area (Å²) in [6, 6.07) is 10.5. The van der Waals surface area contributed by atoms with Crippen molar-refractivity contribution in [3.63, 3.8) is 0 Å². The lowest BCUT2D eigenvalue weighted by Crippen LogP contribution is -2.05.